The molecule has 3 rings (SSSR count). The van der Waals surface area contributed by atoms with Gasteiger partial charge >= 0.3 is 0 Å². The third-order valence-electron chi connectivity index (χ3n) is 3.50. The van der Waals surface area contributed by atoms with Crippen LogP contribution in [0.5, 0.6) is 0 Å². The van der Waals surface area contributed by atoms with Crippen molar-refractivity contribution in [2.45, 2.75) is 70.3 Å². The highest BCUT2D eigenvalue weighted by atomic mass is 16.8. The lowest BCUT2D eigenvalue weighted by Gasteiger charge is -2.21. The number of hydrogen-bond donors (Lipinski definition) is 0. The second kappa shape index (κ2) is 4.23. The van der Waals surface area contributed by atoms with Crippen LogP contribution in [0, 0.1) is 0 Å². The van der Waals surface area contributed by atoms with Crippen molar-refractivity contribution in [2.75, 3.05) is 6.61 Å². The van der Waals surface area contributed by atoms with E-state index in [-0.39, 0.29) is 11.9 Å². The molecule has 0 radical (unpaired) electrons. The lowest BCUT2D eigenvalue weighted by molar-refractivity contribution is -0.207. The van der Waals surface area contributed by atoms with Gasteiger partial charge in [0.05, 0.1) is 12.7 Å². The van der Waals surface area contributed by atoms with Crippen LogP contribution >= 0.6 is 0 Å². The van der Waals surface area contributed by atoms with Gasteiger partial charge in [-0.25, -0.2) is 0 Å². The van der Waals surface area contributed by atoms with E-state index in [1.54, 1.807) is 13.8 Å². The summed E-state index contributed by atoms with van der Waals surface area (Å²) in [5.74, 6) is -1.41. The molecule has 0 aromatic rings. The molecule has 108 valence electrons. The zero-order valence-electron chi connectivity index (χ0n) is 11.7. The lowest BCUT2D eigenvalue weighted by Crippen LogP contribution is -2.33. The van der Waals surface area contributed by atoms with Crippen LogP contribution in [0.25, 0.3) is 0 Å². The molecule has 0 amide bonds. The Balaban J connectivity index is 1.59. The minimum absolute atomic E-state index is 0.0659. The highest BCUT2D eigenvalue weighted by molar-refractivity contribution is 5.89. The van der Waals surface area contributed by atoms with Crippen molar-refractivity contribution < 1.29 is 28.5 Å². The largest absolute Gasteiger partial charge is 0.348 e. The van der Waals surface area contributed by atoms with E-state index in [1.165, 1.54) is 0 Å². The highest BCUT2D eigenvalue weighted by Gasteiger charge is 2.55. The van der Waals surface area contributed by atoms with E-state index in [9.17, 15) is 4.79 Å². The summed E-state index contributed by atoms with van der Waals surface area (Å²) in [6, 6.07) is 0. The maximum Gasteiger partial charge on any atom is 0.195 e. The van der Waals surface area contributed by atoms with Crippen molar-refractivity contribution in [2.24, 2.45) is 0 Å². The average Bonchev–Trinajstić information content (AvgIpc) is 2.84. The fraction of sp³-hybridized carbons (Fsp3) is 0.923. The molecule has 6 nitrogen and oxygen atoms in total. The highest BCUT2D eigenvalue weighted by Crippen LogP contribution is 2.37. The van der Waals surface area contributed by atoms with Gasteiger partial charge in [0.2, 0.25) is 0 Å². The number of carbonyl (C=O) groups excluding carboxylic acids is 1. The van der Waals surface area contributed by atoms with Gasteiger partial charge < -0.3 is 23.7 Å². The van der Waals surface area contributed by atoms with Crippen molar-refractivity contribution in [3.05, 3.63) is 0 Å². The molecule has 0 bridgehead atoms. The summed E-state index contributed by atoms with van der Waals surface area (Å²) in [6.07, 6.45) is -1.40. The number of carbonyl (C=O) groups is 1. The molecule has 3 aliphatic heterocycles. The van der Waals surface area contributed by atoms with Crippen molar-refractivity contribution in [1.29, 1.82) is 0 Å². The van der Waals surface area contributed by atoms with E-state index in [2.05, 4.69) is 0 Å². The smallest absolute Gasteiger partial charge is 0.195 e. The summed E-state index contributed by atoms with van der Waals surface area (Å²) >= 11 is 0. The van der Waals surface area contributed by atoms with Crippen LogP contribution < -0.4 is 0 Å². The number of fused-ring (bicyclic) bond motifs is 1. The van der Waals surface area contributed by atoms with Crippen molar-refractivity contribution in [3.8, 4) is 0 Å². The molecule has 3 aliphatic rings. The Kier molecular flexibility index (Phi) is 3.00. The van der Waals surface area contributed by atoms with E-state index in [0.717, 1.165) is 0 Å². The first-order valence-electron chi connectivity index (χ1n) is 6.62. The zero-order chi connectivity index (χ0) is 13.8. The molecule has 3 saturated heterocycles. The van der Waals surface area contributed by atoms with Crippen molar-refractivity contribution in [1.82, 2.24) is 0 Å². The Morgan fingerprint density at radius 3 is 2.42 bits per heavy atom. The summed E-state index contributed by atoms with van der Waals surface area (Å²) in [6.45, 7) is 7.73. The molecule has 0 saturated carbocycles. The van der Waals surface area contributed by atoms with Crippen molar-refractivity contribution >= 4 is 5.78 Å². The maximum atomic E-state index is 12.2. The van der Waals surface area contributed by atoms with E-state index in [0.29, 0.717) is 13.0 Å². The number of Topliss-reactive ketones (excluding diaryl/α,β-unsaturated/α-hetero) is 1. The minimum Gasteiger partial charge on any atom is -0.348 e. The molecule has 0 aromatic heterocycles. The van der Waals surface area contributed by atoms with Gasteiger partial charge in [-0.15, -0.1) is 0 Å². The van der Waals surface area contributed by atoms with Crippen LogP contribution in [-0.2, 0) is 28.5 Å². The van der Waals surface area contributed by atoms with Gasteiger partial charge in [0.15, 0.2) is 29.8 Å². The van der Waals surface area contributed by atoms with Crippen LogP contribution in [0.3, 0.4) is 0 Å². The summed E-state index contributed by atoms with van der Waals surface area (Å²) in [4.78, 5) is 12.2. The summed E-state index contributed by atoms with van der Waals surface area (Å²) in [7, 11) is 0. The summed E-state index contributed by atoms with van der Waals surface area (Å²) in [5.41, 5.74) is 0. The molecule has 3 heterocycles. The maximum absolute atomic E-state index is 12.2. The standard InChI is InChI=1S/C13H20O6/c1-12(2)15-6-7(17-12)5-8-9(14)10-11(16-8)19-13(3,4)18-10/h7-8,10-11H,5-6H2,1-4H3/t7?,8-,10-,11-/m1/s1. The van der Waals surface area contributed by atoms with Crippen molar-refractivity contribution in [3.63, 3.8) is 0 Å². The topological polar surface area (TPSA) is 63.2 Å². The second-order valence-electron chi connectivity index (χ2n) is 6.14. The Labute approximate surface area is 112 Å². The lowest BCUT2D eigenvalue weighted by atomic mass is 10.1. The quantitative estimate of drug-likeness (QED) is 0.746. The average molecular weight is 272 g/mol. The van der Waals surface area contributed by atoms with Gasteiger partial charge in [0.1, 0.15) is 6.10 Å². The summed E-state index contributed by atoms with van der Waals surface area (Å²) in [5, 5.41) is 0. The van der Waals surface area contributed by atoms with E-state index in [1.807, 2.05) is 13.8 Å². The van der Waals surface area contributed by atoms with Crippen LogP contribution in [0.4, 0.5) is 0 Å². The number of rotatable bonds is 2. The Bertz CT molecular complexity index is 391. The first-order chi connectivity index (χ1) is 8.76. The number of ketones is 1. The monoisotopic (exact) mass is 272 g/mol. The third kappa shape index (κ3) is 2.55. The van der Waals surface area contributed by atoms with Crippen LogP contribution in [0.1, 0.15) is 34.1 Å². The zero-order valence-corrected chi connectivity index (χ0v) is 11.7. The molecule has 0 aliphatic carbocycles. The molecule has 6 heteroatoms. The molecular formula is C13H20O6. The van der Waals surface area contributed by atoms with Crippen LogP contribution in [-0.4, -0.2) is 48.6 Å². The van der Waals surface area contributed by atoms with Gasteiger partial charge in [0, 0.05) is 6.42 Å². The molecule has 1 unspecified atom stereocenters. The molecular weight excluding hydrogens is 252 g/mol. The molecule has 4 atom stereocenters. The van der Waals surface area contributed by atoms with E-state index < -0.39 is 30.1 Å². The Morgan fingerprint density at radius 2 is 1.84 bits per heavy atom. The third-order valence-corrected chi connectivity index (χ3v) is 3.50. The fourth-order valence-electron chi connectivity index (χ4n) is 2.72. The van der Waals surface area contributed by atoms with Gasteiger partial charge in [-0.3, -0.25) is 4.79 Å². The van der Waals surface area contributed by atoms with Gasteiger partial charge in [-0.2, -0.15) is 0 Å². The molecule has 0 aromatic carbocycles. The SMILES string of the molecule is CC1(C)OCC(C[C@H]2O[C@@H]3OC(C)(C)O[C@@H]3C2=O)O1. The second-order valence-corrected chi connectivity index (χ2v) is 6.14. The Hall–Kier alpha value is -0.530. The fourth-order valence-corrected chi connectivity index (χ4v) is 2.72. The van der Waals surface area contributed by atoms with Crippen LogP contribution in [0.15, 0.2) is 0 Å². The van der Waals surface area contributed by atoms with Gasteiger partial charge in [-0.1, -0.05) is 0 Å². The van der Waals surface area contributed by atoms with E-state index in [4.69, 9.17) is 23.7 Å². The first-order valence-corrected chi connectivity index (χ1v) is 6.62. The van der Waals surface area contributed by atoms with Gasteiger partial charge in [-0.05, 0) is 27.7 Å². The molecule has 3 fully saturated rings. The number of hydrogen-bond acceptors (Lipinski definition) is 6. The summed E-state index contributed by atoms with van der Waals surface area (Å²) < 4.78 is 27.9. The number of ether oxygens (including phenoxy) is 5. The minimum atomic E-state index is -0.759. The van der Waals surface area contributed by atoms with Gasteiger partial charge in [0.25, 0.3) is 0 Å². The first kappa shape index (κ1) is 13.5. The molecule has 19 heavy (non-hydrogen) atoms. The predicted octanol–water partition coefficient (Wildman–Crippen LogP) is 0.973. The molecule has 0 N–H and O–H groups in total. The van der Waals surface area contributed by atoms with E-state index >= 15 is 0 Å². The Morgan fingerprint density at radius 1 is 1.11 bits per heavy atom. The van der Waals surface area contributed by atoms with Crippen LogP contribution in [0.2, 0.25) is 0 Å². The predicted molar refractivity (Wildman–Crippen MR) is 63.2 cm³/mol. The normalized spacial score (nSPS) is 43.7. The molecule has 0 spiro atoms.